The van der Waals surface area contributed by atoms with E-state index >= 15 is 0 Å². The lowest BCUT2D eigenvalue weighted by atomic mass is 10.1. The molecule has 1 aliphatic rings. The molecule has 1 saturated carbocycles. The Hall–Kier alpha value is -3.44. The zero-order chi connectivity index (χ0) is 27.0. The quantitative estimate of drug-likeness (QED) is 0.452. The monoisotopic (exact) mass is 533 g/mol. The Labute approximate surface area is 212 Å². The summed E-state index contributed by atoms with van der Waals surface area (Å²) in [6, 6.07) is 11.8. The fourth-order valence-corrected chi connectivity index (χ4v) is 4.48. The first-order valence-electron chi connectivity index (χ1n) is 11.6. The first-order chi connectivity index (χ1) is 17.3. The third kappa shape index (κ3) is 6.47. The summed E-state index contributed by atoms with van der Waals surface area (Å²) in [4.78, 5) is 30.3. The zero-order valence-corrected chi connectivity index (χ0v) is 21.0. The van der Waals surface area contributed by atoms with Gasteiger partial charge in [0.1, 0.15) is 5.56 Å². The van der Waals surface area contributed by atoms with Gasteiger partial charge in [0.05, 0.1) is 17.0 Å². The Bertz CT molecular complexity index is 1480. The smallest absolute Gasteiger partial charge is 0.325 e. The number of carbonyl (C=O) groups excluding carboxylic acids is 1. The maximum atomic E-state index is 13.7. The van der Waals surface area contributed by atoms with Crippen LogP contribution in [0.2, 0.25) is 0 Å². The summed E-state index contributed by atoms with van der Waals surface area (Å²) in [5, 5.41) is 3.32. The Morgan fingerprint density at radius 2 is 1.78 bits per heavy atom. The molecule has 3 aromatic rings. The van der Waals surface area contributed by atoms with Crippen LogP contribution in [0.15, 0.2) is 64.3 Å². The first-order valence-corrected chi connectivity index (χ1v) is 13.5. The van der Waals surface area contributed by atoms with E-state index < -0.39 is 33.0 Å². The van der Waals surface area contributed by atoms with E-state index in [-0.39, 0.29) is 22.7 Å². The Morgan fingerprint density at radius 1 is 1.11 bits per heavy atom. The molecule has 0 aliphatic heterocycles. The lowest BCUT2D eigenvalue weighted by molar-refractivity contribution is -0.137. The minimum atomic E-state index is -4.63. The van der Waals surface area contributed by atoms with Crippen LogP contribution < -0.4 is 15.8 Å². The molecule has 0 bridgehead atoms. The lowest BCUT2D eigenvalue weighted by Crippen LogP contribution is -2.35. The highest BCUT2D eigenvalue weighted by Crippen LogP contribution is 2.32. The van der Waals surface area contributed by atoms with Gasteiger partial charge in [-0.3, -0.25) is 9.59 Å². The minimum Gasteiger partial charge on any atom is -0.325 e. The third-order valence-corrected chi connectivity index (χ3v) is 7.29. The van der Waals surface area contributed by atoms with Gasteiger partial charge in [0.25, 0.3) is 11.5 Å². The van der Waals surface area contributed by atoms with Crippen LogP contribution in [0.3, 0.4) is 0 Å². The molecule has 2 aromatic carbocycles. The summed E-state index contributed by atoms with van der Waals surface area (Å²) in [6.45, 7) is 1.96. The highest BCUT2D eigenvalue weighted by molar-refractivity contribution is 7.90. The van der Waals surface area contributed by atoms with E-state index in [9.17, 15) is 31.2 Å². The van der Waals surface area contributed by atoms with Gasteiger partial charge in [-0.2, -0.15) is 13.2 Å². The molecule has 7 nitrogen and oxygen atoms in total. The number of aromatic nitrogens is 1. The number of anilines is 1. The number of carbonyl (C=O) groups is 1. The van der Waals surface area contributed by atoms with Crippen molar-refractivity contribution in [2.75, 3.05) is 11.2 Å². The summed E-state index contributed by atoms with van der Waals surface area (Å²) < 4.78 is 63.9. The van der Waals surface area contributed by atoms with Crippen LogP contribution in [0.4, 0.5) is 18.9 Å². The number of halogens is 3. The van der Waals surface area contributed by atoms with Gasteiger partial charge in [-0.1, -0.05) is 18.2 Å². The van der Waals surface area contributed by atoms with Crippen LogP contribution in [0.5, 0.6) is 0 Å². The third-order valence-electron chi connectivity index (χ3n) is 6.16. The van der Waals surface area contributed by atoms with Gasteiger partial charge in [-0.05, 0) is 67.3 Å². The maximum Gasteiger partial charge on any atom is 0.416 e. The number of aromatic amines is 1. The van der Waals surface area contributed by atoms with E-state index in [0.717, 1.165) is 36.1 Å². The molecule has 0 radical (unpaired) electrons. The number of nitrogens with one attached hydrogen (secondary N) is 2. The number of pyridine rings is 1. The average molecular weight is 534 g/mol. The first kappa shape index (κ1) is 26.6. The second kappa shape index (κ2) is 10.1. The van der Waals surface area contributed by atoms with E-state index in [2.05, 4.69) is 10.3 Å². The highest BCUT2D eigenvalue weighted by Gasteiger charge is 2.32. The SMILES string of the molecule is Cc1[nH]c(=O)c(C(=O)N(Cc2ccc(S(C)(=O)=O)cc2)c2cccc(C(F)(F)F)c2)cc1CNC1CC1. The second-order valence-corrected chi connectivity index (χ2v) is 11.2. The van der Waals surface area contributed by atoms with E-state index in [1.165, 1.54) is 42.5 Å². The molecule has 0 saturated heterocycles. The molecule has 2 N–H and O–H groups in total. The largest absolute Gasteiger partial charge is 0.416 e. The summed E-state index contributed by atoms with van der Waals surface area (Å²) in [6.07, 6.45) is -1.48. The van der Waals surface area contributed by atoms with Crippen molar-refractivity contribution in [2.45, 2.75) is 50.0 Å². The molecule has 1 heterocycles. The number of aryl methyl sites for hydroxylation is 1. The summed E-state index contributed by atoms with van der Waals surface area (Å²) in [7, 11) is -3.46. The lowest BCUT2D eigenvalue weighted by Gasteiger charge is -2.24. The number of hydrogen-bond donors (Lipinski definition) is 2. The van der Waals surface area contributed by atoms with Gasteiger partial charge in [0, 0.05) is 30.2 Å². The minimum absolute atomic E-state index is 0.0513. The molecule has 196 valence electrons. The topological polar surface area (TPSA) is 99.3 Å². The van der Waals surface area contributed by atoms with Crippen LogP contribution in [0.1, 0.15) is 45.6 Å². The number of sulfone groups is 1. The molecule has 11 heteroatoms. The van der Waals surface area contributed by atoms with Crippen LogP contribution in [-0.2, 0) is 29.1 Å². The van der Waals surface area contributed by atoms with Crippen molar-refractivity contribution in [3.63, 3.8) is 0 Å². The van der Waals surface area contributed by atoms with Crippen LogP contribution >= 0.6 is 0 Å². The van der Waals surface area contributed by atoms with Crippen LogP contribution in [-0.4, -0.2) is 31.6 Å². The number of amides is 1. The van der Waals surface area contributed by atoms with Gasteiger partial charge >= 0.3 is 6.18 Å². The number of nitrogens with zero attached hydrogens (tertiary/aromatic N) is 1. The predicted octanol–water partition coefficient (Wildman–Crippen LogP) is 4.20. The van der Waals surface area contributed by atoms with E-state index in [4.69, 9.17) is 0 Å². The Morgan fingerprint density at radius 3 is 2.38 bits per heavy atom. The fraction of sp³-hybridized carbons (Fsp3) is 0.308. The molecule has 4 rings (SSSR count). The van der Waals surface area contributed by atoms with Crippen molar-refractivity contribution in [1.29, 1.82) is 0 Å². The standard InChI is InChI=1S/C26H26F3N3O4S/c1-16-18(14-30-20-8-9-20)12-23(24(33)31-16)25(34)32(21-5-3-4-19(13-21)26(27,28)29)15-17-6-10-22(11-7-17)37(2,35)36/h3-7,10-13,20,30H,8-9,14-15H2,1-2H3,(H,31,33). The molecule has 37 heavy (non-hydrogen) atoms. The average Bonchev–Trinajstić information content (AvgIpc) is 3.65. The normalized spacial score (nSPS) is 14.0. The molecular formula is C26H26F3N3O4S. The number of rotatable bonds is 8. The Kier molecular flexibility index (Phi) is 7.29. The van der Waals surface area contributed by atoms with E-state index in [0.29, 0.717) is 29.4 Å². The summed E-state index contributed by atoms with van der Waals surface area (Å²) in [5.74, 6) is -0.777. The number of alkyl halides is 3. The molecule has 0 unspecified atom stereocenters. The predicted molar refractivity (Wildman–Crippen MR) is 133 cm³/mol. The van der Waals surface area contributed by atoms with Gasteiger partial charge < -0.3 is 15.2 Å². The number of benzene rings is 2. The number of hydrogen-bond acceptors (Lipinski definition) is 5. The van der Waals surface area contributed by atoms with Gasteiger partial charge in [-0.25, -0.2) is 8.42 Å². The van der Waals surface area contributed by atoms with Gasteiger partial charge in [-0.15, -0.1) is 0 Å². The van der Waals surface area contributed by atoms with E-state index in [1.807, 2.05) is 0 Å². The molecule has 1 aliphatic carbocycles. The van der Waals surface area contributed by atoms with Crippen molar-refractivity contribution in [3.8, 4) is 0 Å². The Balaban J connectivity index is 1.74. The molecular weight excluding hydrogens is 507 g/mol. The van der Waals surface area contributed by atoms with E-state index in [1.54, 1.807) is 6.92 Å². The van der Waals surface area contributed by atoms with Crippen LogP contribution in [0, 0.1) is 6.92 Å². The van der Waals surface area contributed by atoms with Crippen molar-refractivity contribution in [3.05, 3.63) is 92.9 Å². The zero-order valence-electron chi connectivity index (χ0n) is 20.2. The highest BCUT2D eigenvalue weighted by atomic mass is 32.2. The van der Waals surface area contributed by atoms with Crippen molar-refractivity contribution >= 4 is 21.4 Å². The van der Waals surface area contributed by atoms with Crippen molar-refractivity contribution in [1.82, 2.24) is 10.3 Å². The second-order valence-electron chi connectivity index (χ2n) is 9.17. The maximum absolute atomic E-state index is 13.7. The van der Waals surface area contributed by atoms with Crippen molar-refractivity contribution < 1.29 is 26.4 Å². The molecule has 1 aromatic heterocycles. The van der Waals surface area contributed by atoms with Gasteiger partial charge in [0.2, 0.25) is 0 Å². The van der Waals surface area contributed by atoms with Crippen LogP contribution in [0.25, 0.3) is 0 Å². The molecule has 1 amide bonds. The van der Waals surface area contributed by atoms with Crippen molar-refractivity contribution in [2.24, 2.45) is 0 Å². The van der Waals surface area contributed by atoms with Gasteiger partial charge in [0.15, 0.2) is 9.84 Å². The molecule has 1 fully saturated rings. The number of H-pyrrole nitrogens is 1. The fourth-order valence-electron chi connectivity index (χ4n) is 3.85. The molecule has 0 spiro atoms. The summed E-state index contributed by atoms with van der Waals surface area (Å²) in [5.41, 5.74) is -0.0807. The summed E-state index contributed by atoms with van der Waals surface area (Å²) >= 11 is 0. The molecule has 0 atom stereocenters.